The van der Waals surface area contributed by atoms with Crippen LogP contribution in [0.3, 0.4) is 0 Å². The molecule has 0 radical (unpaired) electrons. The van der Waals surface area contributed by atoms with E-state index in [0.717, 1.165) is 49.0 Å². The van der Waals surface area contributed by atoms with E-state index in [1.165, 1.54) is 5.56 Å². The van der Waals surface area contributed by atoms with Crippen LogP contribution < -0.4 is 25.4 Å². The van der Waals surface area contributed by atoms with Gasteiger partial charge in [-0.3, -0.25) is 4.79 Å². The van der Waals surface area contributed by atoms with Gasteiger partial charge in [0.15, 0.2) is 17.5 Å². The number of carbonyl (C=O) groups is 1. The Bertz CT molecular complexity index is 857. The van der Waals surface area contributed by atoms with Crippen molar-refractivity contribution in [3.8, 4) is 11.5 Å². The molecule has 0 aliphatic heterocycles. The van der Waals surface area contributed by atoms with Gasteiger partial charge in [0.1, 0.15) is 0 Å². The summed E-state index contributed by atoms with van der Waals surface area (Å²) in [6.07, 6.45) is 1.89. The number of carbonyl (C=O) groups excluding carboxylic acids is 1. The molecule has 0 aliphatic rings. The lowest BCUT2D eigenvalue weighted by Crippen LogP contribution is -2.37. The van der Waals surface area contributed by atoms with Gasteiger partial charge in [0.05, 0.1) is 20.3 Å². The first-order valence-electron chi connectivity index (χ1n) is 10.7. The topological polar surface area (TPSA) is 84.0 Å². The molecule has 2 aromatic rings. The third kappa shape index (κ3) is 8.94. The number of hydrogen-bond donors (Lipinski definition) is 3. The fourth-order valence-corrected chi connectivity index (χ4v) is 3.06. The molecule has 32 heavy (non-hydrogen) atoms. The summed E-state index contributed by atoms with van der Waals surface area (Å²) in [4.78, 5) is 16.3. The van der Waals surface area contributed by atoms with Crippen LogP contribution in [0.1, 0.15) is 41.8 Å². The zero-order valence-electron chi connectivity index (χ0n) is 19.4. The second-order valence-electron chi connectivity index (χ2n) is 6.92. The highest BCUT2D eigenvalue weighted by atomic mass is 127. The molecular weight excluding hydrogens is 519 g/mol. The molecule has 0 spiro atoms. The highest BCUT2D eigenvalue weighted by molar-refractivity contribution is 14.0. The fourth-order valence-electron chi connectivity index (χ4n) is 3.06. The number of methoxy groups -OCH3 is 1. The quantitative estimate of drug-likeness (QED) is 0.171. The van der Waals surface area contributed by atoms with Crippen molar-refractivity contribution in [1.82, 2.24) is 16.0 Å². The van der Waals surface area contributed by atoms with E-state index in [9.17, 15) is 4.79 Å². The van der Waals surface area contributed by atoms with E-state index in [4.69, 9.17) is 9.47 Å². The zero-order chi connectivity index (χ0) is 22.5. The Hall–Kier alpha value is -2.49. The second-order valence-corrected chi connectivity index (χ2v) is 6.92. The van der Waals surface area contributed by atoms with Gasteiger partial charge < -0.3 is 25.4 Å². The standard InChI is InChI=1S/C24H34N4O3.HI/c1-5-26-24(28-17-19-9-12-20(13-10-19)23(29)25-3)27-15-7-8-18-11-14-21(30-4)22(16-18)31-6-2;/h9-14,16H,5-8,15,17H2,1-4H3,(H,25,29)(H2,26,27,28);1H. The molecule has 0 aliphatic carbocycles. The SMILES string of the molecule is CCNC(=NCc1ccc(C(=O)NC)cc1)NCCCc1ccc(OC)c(OCC)c1.I. The smallest absolute Gasteiger partial charge is 0.251 e. The molecule has 0 unspecified atom stereocenters. The van der Waals surface area contributed by atoms with Crippen LogP contribution in [0.15, 0.2) is 47.5 Å². The van der Waals surface area contributed by atoms with E-state index in [1.54, 1.807) is 14.2 Å². The second kappa shape index (κ2) is 15.3. The van der Waals surface area contributed by atoms with Crippen LogP contribution >= 0.6 is 24.0 Å². The average Bonchev–Trinajstić information content (AvgIpc) is 2.80. The highest BCUT2D eigenvalue weighted by Gasteiger charge is 2.06. The number of aryl methyl sites for hydroxylation is 1. The summed E-state index contributed by atoms with van der Waals surface area (Å²) in [6, 6.07) is 13.6. The predicted octanol–water partition coefficient (Wildman–Crippen LogP) is 3.76. The van der Waals surface area contributed by atoms with E-state index in [-0.39, 0.29) is 29.9 Å². The molecule has 0 saturated carbocycles. The van der Waals surface area contributed by atoms with Gasteiger partial charge in [0.25, 0.3) is 5.91 Å². The molecule has 0 atom stereocenters. The summed E-state index contributed by atoms with van der Waals surface area (Å²) in [7, 11) is 3.28. The number of benzene rings is 2. The third-order valence-electron chi connectivity index (χ3n) is 4.67. The van der Waals surface area contributed by atoms with Crippen LogP contribution in [0, 0.1) is 0 Å². The number of rotatable bonds is 11. The maximum Gasteiger partial charge on any atom is 0.251 e. The average molecular weight is 554 g/mol. The van der Waals surface area contributed by atoms with Crippen molar-refractivity contribution < 1.29 is 14.3 Å². The first kappa shape index (κ1) is 27.5. The summed E-state index contributed by atoms with van der Waals surface area (Å²) in [5, 5.41) is 9.27. The van der Waals surface area contributed by atoms with E-state index < -0.39 is 0 Å². The van der Waals surface area contributed by atoms with Gasteiger partial charge in [0.2, 0.25) is 0 Å². The van der Waals surface area contributed by atoms with Crippen molar-refractivity contribution in [1.29, 1.82) is 0 Å². The summed E-state index contributed by atoms with van der Waals surface area (Å²) < 4.78 is 11.0. The van der Waals surface area contributed by atoms with Gasteiger partial charge in [-0.2, -0.15) is 0 Å². The van der Waals surface area contributed by atoms with Crippen molar-refractivity contribution in [2.75, 3.05) is 33.9 Å². The Morgan fingerprint density at radius 2 is 1.72 bits per heavy atom. The largest absolute Gasteiger partial charge is 0.493 e. The molecule has 3 N–H and O–H groups in total. The highest BCUT2D eigenvalue weighted by Crippen LogP contribution is 2.28. The number of guanidine groups is 1. The Morgan fingerprint density at radius 1 is 1.00 bits per heavy atom. The van der Waals surface area contributed by atoms with E-state index >= 15 is 0 Å². The molecule has 0 aromatic heterocycles. The molecule has 0 heterocycles. The lowest BCUT2D eigenvalue weighted by atomic mass is 10.1. The molecular formula is C24H35IN4O3. The fraction of sp³-hybridized carbons (Fsp3) is 0.417. The Balaban J connectivity index is 0.00000512. The van der Waals surface area contributed by atoms with Gasteiger partial charge in [-0.15, -0.1) is 24.0 Å². The van der Waals surface area contributed by atoms with Crippen molar-refractivity contribution in [3.05, 3.63) is 59.2 Å². The minimum atomic E-state index is -0.0877. The molecule has 2 rings (SSSR count). The minimum absolute atomic E-state index is 0. The number of hydrogen-bond acceptors (Lipinski definition) is 4. The maximum atomic E-state index is 11.6. The molecule has 0 fully saturated rings. The van der Waals surface area contributed by atoms with Crippen LogP contribution in [0.4, 0.5) is 0 Å². The van der Waals surface area contributed by atoms with Crippen LogP contribution in [-0.2, 0) is 13.0 Å². The summed E-state index contributed by atoms with van der Waals surface area (Å²) in [5.74, 6) is 2.24. The first-order valence-corrected chi connectivity index (χ1v) is 10.7. The Morgan fingerprint density at radius 3 is 2.34 bits per heavy atom. The molecule has 0 saturated heterocycles. The predicted molar refractivity (Wildman–Crippen MR) is 141 cm³/mol. The zero-order valence-corrected chi connectivity index (χ0v) is 21.7. The molecule has 2 aromatic carbocycles. The van der Waals surface area contributed by atoms with E-state index in [1.807, 2.05) is 50.2 Å². The number of ether oxygens (including phenoxy) is 2. The first-order chi connectivity index (χ1) is 15.1. The van der Waals surface area contributed by atoms with E-state index in [0.29, 0.717) is 18.7 Å². The van der Waals surface area contributed by atoms with Crippen LogP contribution in [-0.4, -0.2) is 45.7 Å². The maximum absolute atomic E-state index is 11.6. The van der Waals surface area contributed by atoms with Gasteiger partial charge >= 0.3 is 0 Å². The van der Waals surface area contributed by atoms with Gasteiger partial charge in [-0.05, 0) is 62.1 Å². The number of amides is 1. The molecule has 0 bridgehead atoms. The number of halogens is 1. The summed E-state index contributed by atoms with van der Waals surface area (Å²) in [5.41, 5.74) is 2.90. The monoisotopic (exact) mass is 554 g/mol. The Labute approximate surface area is 208 Å². The lowest BCUT2D eigenvalue weighted by molar-refractivity contribution is 0.0963. The van der Waals surface area contributed by atoms with Crippen LogP contribution in [0.2, 0.25) is 0 Å². The molecule has 7 nitrogen and oxygen atoms in total. The van der Waals surface area contributed by atoms with Gasteiger partial charge in [-0.1, -0.05) is 18.2 Å². The summed E-state index contributed by atoms with van der Waals surface area (Å²) in [6.45, 7) is 6.75. The van der Waals surface area contributed by atoms with Crippen molar-refractivity contribution >= 4 is 35.8 Å². The van der Waals surface area contributed by atoms with Gasteiger partial charge in [-0.25, -0.2) is 4.99 Å². The molecule has 8 heteroatoms. The normalized spacial score (nSPS) is 10.7. The third-order valence-corrected chi connectivity index (χ3v) is 4.67. The summed E-state index contributed by atoms with van der Waals surface area (Å²) >= 11 is 0. The van der Waals surface area contributed by atoms with Crippen molar-refractivity contribution in [2.24, 2.45) is 4.99 Å². The Kier molecular flexibility index (Phi) is 13.2. The van der Waals surface area contributed by atoms with Crippen LogP contribution in [0.5, 0.6) is 11.5 Å². The van der Waals surface area contributed by atoms with Crippen molar-refractivity contribution in [3.63, 3.8) is 0 Å². The molecule has 1 amide bonds. The van der Waals surface area contributed by atoms with Gasteiger partial charge in [0, 0.05) is 25.7 Å². The minimum Gasteiger partial charge on any atom is -0.493 e. The molecule has 176 valence electrons. The lowest BCUT2D eigenvalue weighted by Gasteiger charge is -2.13. The van der Waals surface area contributed by atoms with E-state index in [2.05, 4.69) is 27.0 Å². The number of nitrogens with zero attached hydrogens (tertiary/aromatic N) is 1. The number of aliphatic imine (C=N–C) groups is 1. The number of nitrogens with one attached hydrogen (secondary N) is 3. The van der Waals surface area contributed by atoms with Crippen molar-refractivity contribution in [2.45, 2.75) is 33.2 Å². The van der Waals surface area contributed by atoms with Crippen LogP contribution in [0.25, 0.3) is 0 Å².